The second-order valence-corrected chi connectivity index (χ2v) is 9.85. The minimum Gasteiger partial charge on any atom is -0.497 e. The van der Waals surface area contributed by atoms with E-state index in [1.54, 1.807) is 31.4 Å². The lowest BCUT2D eigenvalue weighted by Crippen LogP contribution is -2.46. The third-order valence-electron chi connectivity index (χ3n) is 6.56. The largest absolute Gasteiger partial charge is 0.497 e. The number of primary amides is 1. The van der Waals surface area contributed by atoms with Crippen LogP contribution in [0.15, 0.2) is 54.6 Å². The number of carbonyl (C=O) groups is 3. The number of nitrogens with zero attached hydrogens (tertiary/aromatic N) is 2. The smallest absolute Gasteiger partial charge is 0.270 e. The van der Waals surface area contributed by atoms with Crippen molar-refractivity contribution in [2.75, 3.05) is 12.8 Å². The lowest BCUT2D eigenvalue weighted by molar-refractivity contribution is -0.127. The second-order valence-electron chi connectivity index (χ2n) is 9.08. The Labute approximate surface area is 220 Å². The zero-order valence-corrected chi connectivity index (χ0v) is 21.5. The van der Waals surface area contributed by atoms with Crippen LogP contribution in [-0.4, -0.2) is 40.1 Å². The van der Waals surface area contributed by atoms with E-state index in [4.69, 9.17) is 16.2 Å². The van der Waals surface area contributed by atoms with Crippen LogP contribution in [0, 0.1) is 0 Å². The standard InChI is InChI=1S/C27H31N5O4S/c1-36-20-14-12-18(13-15-20)23(26(34)30-19-10-6-3-7-11-19)32(16-17-8-4-2-5-9-17)27(35)24-21(28)22(25(29)33)31-37-24/h2,4-5,8-9,12-15,19,23H,3,6-7,10-11,16,28H2,1H3,(H2,29,33)(H,30,34)/t23-/m1/s1. The number of benzene rings is 2. The van der Waals surface area contributed by atoms with E-state index in [0.29, 0.717) is 11.3 Å². The zero-order valence-electron chi connectivity index (χ0n) is 20.7. The van der Waals surface area contributed by atoms with Gasteiger partial charge in [0.1, 0.15) is 16.7 Å². The first-order chi connectivity index (χ1) is 17.9. The second kappa shape index (κ2) is 11.9. The average molecular weight is 522 g/mol. The number of nitrogen functional groups attached to an aromatic ring is 1. The highest BCUT2D eigenvalue weighted by molar-refractivity contribution is 7.09. The van der Waals surface area contributed by atoms with E-state index in [9.17, 15) is 14.4 Å². The van der Waals surface area contributed by atoms with Crippen LogP contribution < -0.4 is 21.5 Å². The van der Waals surface area contributed by atoms with Gasteiger partial charge in [-0.15, -0.1) is 0 Å². The van der Waals surface area contributed by atoms with E-state index in [0.717, 1.165) is 49.2 Å². The molecule has 4 rings (SSSR count). The summed E-state index contributed by atoms with van der Waals surface area (Å²) < 4.78 is 9.29. The minimum absolute atomic E-state index is 0.0469. The highest BCUT2D eigenvalue weighted by atomic mass is 32.1. The van der Waals surface area contributed by atoms with E-state index >= 15 is 0 Å². The molecule has 10 heteroatoms. The van der Waals surface area contributed by atoms with E-state index in [-0.39, 0.29) is 34.8 Å². The van der Waals surface area contributed by atoms with Crippen molar-refractivity contribution >= 4 is 34.9 Å². The number of aromatic nitrogens is 1. The molecule has 0 spiro atoms. The quantitative estimate of drug-likeness (QED) is 0.392. The van der Waals surface area contributed by atoms with Crippen molar-refractivity contribution in [3.8, 4) is 5.75 Å². The number of amides is 3. The van der Waals surface area contributed by atoms with Gasteiger partial charge in [-0.3, -0.25) is 14.4 Å². The number of methoxy groups -OCH3 is 1. The first kappa shape index (κ1) is 26.2. The molecule has 1 aliphatic rings. The number of hydrogen-bond acceptors (Lipinski definition) is 7. The summed E-state index contributed by atoms with van der Waals surface area (Å²) in [6.45, 7) is 0.137. The number of anilines is 1. The normalized spacial score (nSPS) is 14.5. The molecule has 194 valence electrons. The molecule has 0 unspecified atom stereocenters. The molecule has 1 fully saturated rings. The molecule has 0 bridgehead atoms. The molecule has 3 aromatic rings. The molecule has 5 N–H and O–H groups in total. The molecule has 0 radical (unpaired) electrons. The van der Waals surface area contributed by atoms with Crippen LogP contribution in [-0.2, 0) is 11.3 Å². The van der Waals surface area contributed by atoms with Crippen LogP contribution in [0.1, 0.15) is 69.4 Å². The van der Waals surface area contributed by atoms with E-state index in [1.165, 1.54) is 4.90 Å². The van der Waals surface area contributed by atoms with Gasteiger partial charge in [0.2, 0.25) is 5.91 Å². The van der Waals surface area contributed by atoms with E-state index < -0.39 is 17.9 Å². The predicted molar refractivity (Wildman–Crippen MR) is 142 cm³/mol. The molecule has 1 aromatic heterocycles. The Morgan fingerprint density at radius 1 is 1.08 bits per heavy atom. The summed E-state index contributed by atoms with van der Waals surface area (Å²) in [5, 5.41) is 3.18. The SMILES string of the molecule is COc1ccc([C@H](C(=O)NC2CCCCC2)N(Cc2ccccc2)C(=O)c2snc(C(N)=O)c2N)cc1. The fraction of sp³-hybridized carbons (Fsp3) is 0.333. The Balaban J connectivity index is 1.77. The topological polar surface area (TPSA) is 141 Å². The number of ether oxygens (including phenoxy) is 1. The summed E-state index contributed by atoms with van der Waals surface area (Å²) in [6.07, 6.45) is 5.06. The van der Waals surface area contributed by atoms with E-state index in [1.807, 2.05) is 30.3 Å². The highest BCUT2D eigenvalue weighted by Crippen LogP contribution is 2.31. The van der Waals surface area contributed by atoms with Gasteiger partial charge in [-0.2, -0.15) is 4.37 Å². The van der Waals surface area contributed by atoms with E-state index in [2.05, 4.69) is 9.69 Å². The van der Waals surface area contributed by atoms with Gasteiger partial charge >= 0.3 is 0 Å². The van der Waals surface area contributed by atoms with Gasteiger partial charge in [-0.05, 0) is 47.6 Å². The van der Waals surface area contributed by atoms with Gasteiger partial charge in [0.25, 0.3) is 11.8 Å². The Bertz CT molecular complexity index is 1240. The summed E-state index contributed by atoms with van der Waals surface area (Å²) in [5.74, 6) is -0.969. The summed E-state index contributed by atoms with van der Waals surface area (Å²) in [6, 6.07) is 15.5. The predicted octanol–water partition coefficient (Wildman–Crippen LogP) is 3.67. The van der Waals surface area contributed by atoms with Crippen LogP contribution in [0.3, 0.4) is 0 Å². The van der Waals surface area contributed by atoms with Crippen molar-refractivity contribution < 1.29 is 19.1 Å². The van der Waals surface area contributed by atoms with Crippen molar-refractivity contribution in [3.05, 3.63) is 76.3 Å². The van der Waals surface area contributed by atoms with Gasteiger partial charge < -0.3 is 26.4 Å². The molecule has 2 aromatic carbocycles. The summed E-state index contributed by atoms with van der Waals surface area (Å²) in [5.41, 5.74) is 12.7. The first-order valence-corrected chi connectivity index (χ1v) is 13.0. The Morgan fingerprint density at radius 3 is 2.35 bits per heavy atom. The molecule has 3 amide bonds. The van der Waals surface area contributed by atoms with Gasteiger partial charge in [0.05, 0.1) is 12.8 Å². The molecular formula is C27H31N5O4S. The van der Waals surface area contributed by atoms with Crippen molar-refractivity contribution in [1.29, 1.82) is 0 Å². The first-order valence-electron chi connectivity index (χ1n) is 12.2. The summed E-state index contributed by atoms with van der Waals surface area (Å²) in [7, 11) is 1.57. The number of nitrogens with two attached hydrogens (primary N) is 2. The van der Waals surface area contributed by atoms with Crippen molar-refractivity contribution in [3.63, 3.8) is 0 Å². The third-order valence-corrected chi connectivity index (χ3v) is 7.41. The molecule has 9 nitrogen and oxygen atoms in total. The molecule has 0 aliphatic heterocycles. The maximum Gasteiger partial charge on any atom is 0.270 e. The Morgan fingerprint density at radius 2 is 1.76 bits per heavy atom. The summed E-state index contributed by atoms with van der Waals surface area (Å²) >= 11 is 0.799. The van der Waals surface area contributed by atoms with Crippen molar-refractivity contribution in [2.45, 2.75) is 50.7 Å². The molecule has 37 heavy (non-hydrogen) atoms. The molecule has 1 heterocycles. The number of carbonyl (C=O) groups excluding carboxylic acids is 3. The third kappa shape index (κ3) is 6.08. The average Bonchev–Trinajstić information content (AvgIpc) is 3.31. The molecule has 1 aliphatic carbocycles. The Hall–Kier alpha value is -3.92. The minimum atomic E-state index is -0.959. The Kier molecular flexibility index (Phi) is 8.39. The van der Waals surface area contributed by atoms with Crippen LogP contribution >= 0.6 is 11.5 Å². The van der Waals surface area contributed by atoms with Gasteiger partial charge in [-0.1, -0.05) is 61.7 Å². The maximum absolute atomic E-state index is 14.0. The maximum atomic E-state index is 14.0. The van der Waals surface area contributed by atoms with Gasteiger partial charge in [-0.25, -0.2) is 0 Å². The van der Waals surface area contributed by atoms with Crippen LogP contribution in [0.2, 0.25) is 0 Å². The molecule has 1 saturated carbocycles. The van der Waals surface area contributed by atoms with Crippen LogP contribution in [0.5, 0.6) is 5.75 Å². The zero-order chi connectivity index (χ0) is 26.4. The molecule has 0 saturated heterocycles. The monoisotopic (exact) mass is 521 g/mol. The van der Waals surface area contributed by atoms with Crippen LogP contribution in [0.25, 0.3) is 0 Å². The lowest BCUT2D eigenvalue weighted by Gasteiger charge is -2.33. The van der Waals surface area contributed by atoms with Crippen molar-refractivity contribution in [2.24, 2.45) is 5.73 Å². The molecule has 1 atom stereocenters. The highest BCUT2D eigenvalue weighted by Gasteiger charge is 2.36. The number of nitrogens with one attached hydrogen (secondary N) is 1. The number of rotatable bonds is 9. The van der Waals surface area contributed by atoms with Crippen LogP contribution in [0.4, 0.5) is 5.69 Å². The van der Waals surface area contributed by atoms with Gasteiger partial charge in [0, 0.05) is 12.6 Å². The van der Waals surface area contributed by atoms with Gasteiger partial charge in [0.15, 0.2) is 5.69 Å². The summed E-state index contributed by atoms with van der Waals surface area (Å²) in [4.78, 5) is 41.2. The lowest BCUT2D eigenvalue weighted by atomic mass is 9.94. The fourth-order valence-electron chi connectivity index (χ4n) is 4.61. The van der Waals surface area contributed by atoms with Crippen molar-refractivity contribution in [1.82, 2.24) is 14.6 Å². The number of hydrogen-bond donors (Lipinski definition) is 3. The molecular weight excluding hydrogens is 490 g/mol. The fourth-order valence-corrected chi connectivity index (χ4v) is 5.37.